The van der Waals surface area contributed by atoms with Crippen LogP contribution >= 0.6 is 0 Å². The van der Waals surface area contributed by atoms with Crippen molar-refractivity contribution in [3.05, 3.63) is 29.8 Å². The maximum absolute atomic E-state index is 12.1. The van der Waals surface area contributed by atoms with Gasteiger partial charge in [-0.1, -0.05) is 12.1 Å². The van der Waals surface area contributed by atoms with Crippen molar-refractivity contribution in [2.45, 2.75) is 19.3 Å². The van der Waals surface area contributed by atoms with E-state index in [0.717, 1.165) is 30.9 Å². The van der Waals surface area contributed by atoms with Gasteiger partial charge >= 0.3 is 5.97 Å². The molecule has 0 amide bonds. The molecule has 0 aromatic heterocycles. The minimum Gasteiger partial charge on any atom is -0.497 e. The summed E-state index contributed by atoms with van der Waals surface area (Å²) in [6.07, 6.45) is 0.770. The molecule has 0 N–H and O–H groups in total. The molecule has 1 heterocycles. The molecule has 1 aliphatic heterocycles. The van der Waals surface area contributed by atoms with Crippen molar-refractivity contribution >= 4 is 5.97 Å². The lowest BCUT2D eigenvalue weighted by molar-refractivity contribution is -0.146. The Hall–Kier alpha value is -1.55. The van der Waals surface area contributed by atoms with Crippen LogP contribution in [0.5, 0.6) is 5.75 Å². The van der Waals surface area contributed by atoms with Crippen LogP contribution in [0.3, 0.4) is 0 Å². The Bertz CT molecular complexity index is 426. The zero-order chi connectivity index (χ0) is 13.7. The summed E-state index contributed by atoms with van der Waals surface area (Å²) >= 11 is 0. The number of esters is 1. The molecule has 1 aliphatic rings. The summed E-state index contributed by atoms with van der Waals surface area (Å²) in [4.78, 5) is 12.1. The normalized spacial score (nSPS) is 16.5. The van der Waals surface area contributed by atoms with Gasteiger partial charge in [0.15, 0.2) is 0 Å². The first-order chi connectivity index (χ1) is 9.24. The number of rotatable bonds is 6. The van der Waals surface area contributed by atoms with Gasteiger partial charge in [-0.05, 0) is 31.0 Å². The van der Waals surface area contributed by atoms with Gasteiger partial charge in [-0.25, -0.2) is 0 Å². The highest BCUT2D eigenvalue weighted by atomic mass is 16.5. The van der Waals surface area contributed by atoms with Gasteiger partial charge in [-0.2, -0.15) is 0 Å². The molecule has 1 aromatic carbocycles. The van der Waals surface area contributed by atoms with Crippen LogP contribution in [-0.4, -0.2) is 32.9 Å². The van der Waals surface area contributed by atoms with Gasteiger partial charge < -0.3 is 14.2 Å². The Balaban J connectivity index is 2.16. The summed E-state index contributed by atoms with van der Waals surface area (Å²) in [6.45, 7) is 3.70. The zero-order valence-electron chi connectivity index (χ0n) is 11.4. The third-order valence-corrected chi connectivity index (χ3v) is 3.34. The number of hydrogen-bond acceptors (Lipinski definition) is 4. The van der Waals surface area contributed by atoms with Crippen molar-refractivity contribution in [1.29, 1.82) is 0 Å². The van der Waals surface area contributed by atoms with Crippen molar-refractivity contribution in [3.8, 4) is 5.75 Å². The second-order valence-electron chi connectivity index (χ2n) is 4.72. The Morgan fingerprint density at radius 2 is 2.26 bits per heavy atom. The predicted octanol–water partition coefficient (Wildman–Crippen LogP) is 2.38. The summed E-state index contributed by atoms with van der Waals surface area (Å²) in [7, 11) is 1.62. The third-order valence-electron chi connectivity index (χ3n) is 3.34. The summed E-state index contributed by atoms with van der Waals surface area (Å²) < 4.78 is 15.6. The van der Waals surface area contributed by atoms with E-state index < -0.39 is 0 Å². The Labute approximate surface area is 113 Å². The van der Waals surface area contributed by atoms with E-state index >= 15 is 0 Å². The monoisotopic (exact) mass is 264 g/mol. The van der Waals surface area contributed by atoms with E-state index in [-0.39, 0.29) is 11.9 Å². The van der Waals surface area contributed by atoms with E-state index in [1.54, 1.807) is 7.11 Å². The molecule has 1 saturated heterocycles. The van der Waals surface area contributed by atoms with Crippen LogP contribution in [-0.2, 0) is 14.3 Å². The molecular formula is C15H20O4. The van der Waals surface area contributed by atoms with Crippen LogP contribution in [0, 0.1) is 5.92 Å². The number of carbonyl (C=O) groups is 1. The van der Waals surface area contributed by atoms with Gasteiger partial charge in [0.2, 0.25) is 0 Å². The smallest absolute Gasteiger partial charge is 0.313 e. The minimum absolute atomic E-state index is 0.164. The van der Waals surface area contributed by atoms with E-state index in [2.05, 4.69) is 0 Å². The SMILES string of the molecule is CCOC(=O)C(CC1COC1)c1cccc(OC)c1. The van der Waals surface area contributed by atoms with E-state index in [4.69, 9.17) is 14.2 Å². The predicted molar refractivity (Wildman–Crippen MR) is 71.3 cm³/mol. The first-order valence-corrected chi connectivity index (χ1v) is 6.63. The fourth-order valence-corrected chi connectivity index (χ4v) is 2.22. The van der Waals surface area contributed by atoms with Crippen molar-refractivity contribution in [1.82, 2.24) is 0 Å². The third kappa shape index (κ3) is 3.47. The summed E-state index contributed by atoms with van der Waals surface area (Å²) in [5, 5.41) is 0. The van der Waals surface area contributed by atoms with Crippen molar-refractivity contribution in [2.24, 2.45) is 5.92 Å². The number of ether oxygens (including phenoxy) is 3. The van der Waals surface area contributed by atoms with E-state index in [1.807, 2.05) is 31.2 Å². The average molecular weight is 264 g/mol. The average Bonchev–Trinajstić information content (AvgIpc) is 2.38. The molecule has 104 valence electrons. The van der Waals surface area contributed by atoms with Gasteiger partial charge in [0.05, 0.1) is 32.8 Å². The molecule has 0 bridgehead atoms. The summed E-state index contributed by atoms with van der Waals surface area (Å²) in [5.41, 5.74) is 0.949. The molecular weight excluding hydrogens is 244 g/mol. The van der Waals surface area contributed by atoms with Crippen molar-refractivity contribution < 1.29 is 19.0 Å². The summed E-state index contributed by atoms with van der Waals surface area (Å²) in [5.74, 6) is 0.809. The lowest BCUT2D eigenvalue weighted by Gasteiger charge is -2.29. The fraction of sp³-hybridized carbons (Fsp3) is 0.533. The van der Waals surface area contributed by atoms with Crippen LogP contribution in [0.2, 0.25) is 0 Å². The molecule has 0 spiro atoms. The molecule has 1 unspecified atom stereocenters. The van der Waals surface area contributed by atoms with Gasteiger partial charge in [-0.3, -0.25) is 4.79 Å². The maximum atomic E-state index is 12.1. The highest BCUT2D eigenvalue weighted by molar-refractivity contribution is 5.78. The topological polar surface area (TPSA) is 44.8 Å². The number of methoxy groups -OCH3 is 1. The highest BCUT2D eigenvalue weighted by Gasteiger charge is 2.29. The van der Waals surface area contributed by atoms with Crippen molar-refractivity contribution in [3.63, 3.8) is 0 Å². The van der Waals surface area contributed by atoms with Gasteiger partial charge in [0, 0.05) is 5.92 Å². The Morgan fingerprint density at radius 3 is 2.84 bits per heavy atom. The van der Waals surface area contributed by atoms with Crippen LogP contribution in [0.15, 0.2) is 24.3 Å². The first kappa shape index (κ1) is 13.9. The molecule has 1 atom stereocenters. The Kier molecular flexibility index (Phi) is 4.80. The quantitative estimate of drug-likeness (QED) is 0.740. The molecule has 1 fully saturated rings. The van der Waals surface area contributed by atoms with Gasteiger partial charge in [0.1, 0.15) is 5.75 Å². The second kappa shape index (κ2) is 6.57. The van der Waals surface area contributed by atoms with Gasteiger partial charge in [-0.15, -0.1) is 0 Å². The van der Waals surface area contributed by atoms with E-state index in [9.17, 15) is 4.79 Å². The first-order valence-electron chi connectivity index (χ1n) is 6.63. The van der Waals surface area contributed by atoms with Gasteiger partial charge in [0.25, 0.3) is 0 Å². The van der Waals surface area contributed by atoms with Crippen LogP contribution in [0.1, 0.15) is 24.8 Å². The highest BCUT2D eigenvalue weighted by Crippen LogP contribution is 2.30. The number of carbonyl (C=O) groups excluding carboxylic acids is 1. The maximum Gasteiger partial charge on any atom is 0.313 e. The molecule has 2 rings (SSSR count). The molecule has 0 aliphatic carbocycles. The fourth-order valence-electron chi connectivity index (χ4n) is 2.22. The number of benzene rings is 1. The molecule has 4 heteroatoms. The standard InChI is InChI=1S/C15H20O4/c1-3-19-15(16)14(7-11-9-18-10-11)12-5-4-6-13(8-12)17-2/h4-6,8,11,14H,3,7,9-10H2,1-2H3. The number of hydrogen-bond donors (Lipinski definition) is 0. The molecule has 0 radical (unpaired) electrons. The second-order valence-corrected chi connectivity index (χ2v) is 4.72. The van der Waals surface area contributed by atoms with Crippen LogP contribution in [0.25, 0.3) is 0 Å². The molecule has 1 aromatic rings. The Morgan fingerprint density at radius 1 is 1.47 bits per heavy atom. The lowest BCUT2D eigenvalue weighted by Crippen LogP contribution is -2.31. The summed E-state index contributed by atoms with van der Waals surface area (Å²) in [6, 6.07) is 7.63. The minimum atomic E-state index is -0.232. The largest absolute Gasteiger partial charge is 0.497 e. The zero-order valence-corrected chi connectivity index (χ0v) is 11.4. The van der Waals surface area contributed by atoms with Crippen LogP contribution < -0.4 is 4.74 Å². The van der Waals surface area contributed by atoms with Crippen LogP contribution in [0.4, 0.5) is 0 Å². The molecule has 4 nitrogen and oxygen atoms in total. The van der Waals surface area contributed by atoms with Crippen molar-refractivity contribution in [2.75, 3.05) is 26.9 Å². The molecule has 19 heavy (non-hydrogen) atoms. The molecule has 0 saturated carbocycles. The van der Waals surface area contributed by atoms with E-state index in [0.29, 0.717) is 12.5 Å². The lowest BCUT2D eigenvalue weighted by atomic mass is 9.88. The van der Waals surface area contributed by atoms with E-state index in [1.165, 1.54) is 0 Å².